The fourth-order valence-corrected chi connectivity index (χ4v) is 4.37. The van der Waals surface area contributed by atoms with Gasteiger partial charge in [0, 0.05) is 19.1 Å². The lowest BCUT2D eigenvalue weighted by Gasteiger charge is -2.31. The summed E-state index contributed by atoms with van der Waals surface area (Å²) >= 11 is 1.58. The maximum absolute atomic E-state index is 13.4. The van der Waals surface area contributed by atoms with Crippen LogP contribution in [0.4, 0.5) is 0 Å². The Hall–Kier alpha value is -2.74. The highest BCUT2D eigenvalue weighted by Gasteiger charge is 2.29. The largest absolute Gasteiger partial charge is 0.369 e. The van der Waals surface area contributed by atoms with Crippen LogP contribution in [0, 0.1) is 5.92 Å². The first-order chi connectivity index (χ1) is 13.5. The highest BCUT2D eigenvalue weighted by molar-refractivity contribution is 7.13. The van der Waals surface area contributed by atoms with E-state index in [0.29, 0.717) is 24.3 Å². The van der Waals surface area contributed by atoms with Crippen LogP contribution in [-0.4, -0.2) is 44.6 Å². The van der Waals surface area contributed by atoms with Gasteiger partial charge in [0.2, 0.25) is 5.91 Å². The molecule has 3 aromatic heterocycles. The second kappa shape index (κ2) is 7.35. The van der Waals surface area contributed by atoms with Gasteiger partial charge >= 0.3 is 0 Å². The van der Waals surface area contributed by atoms with Crippen molar-refractivity contribution in [1.29, 1.82) is 0 Å². The molecule has 146 valence electrons. The third-order valence-corrected chi connectivity index (χ3v) is 6.06. The van der Waals surface area contributed by atoms with E-state index in [0.717, 1.165) is 28.8 Å². The zero-order valence-electron chi connectivity index (χ0n) is 16.0. The molecule has 0 saturated carbocycles. The Morgan fingerprint density at radius 2 is 2.18 bits per heavy atom. The fourth-order valence-electron chi connectivity index (χ4n) is 3.69. The molecule has 7 nitrogen and oxygen atoms in total. The molecule has 2 amide bonds. The molecule has 1 aliphatic rings. The van der Waals surface area contributed by atoms with E-state index >= 15 is 0 Å². The number of amides is 2. The normalized spacial score (nSPS) is 17.4. The predicted octanol–water partition coefficient (Wildman–Crippen LogP) is 3.08. The number of pyridine rings is 1. The van der Waals surface area contributed by atoms with Crippen LogP contribution in [0.3, 0.4) is 0 Å². The molecule has 0 aromatic carbocycles. The lowest BCUT2D eigenvalue weighted by molar-refractivity contribution is -0.123. The van der Waals surface area contributed by atoms with Gasteiger partial charge in [0.25, 0.3) is 5.91 Å². The second-order valence-corrected chi connectivity index (χ2v) is 8.39. The minimum Gasteiger partial charge on any atom is -0.369 e. The topological polar surface area (TPSA) is 94.1 Å². The first-order valence-corrected chi connectivity index (χ1v) is 10.3. The Morgan fingerprint density at radius 3 is 2.86 bits per heavy atom. The monoisotopic (exact) mass is 397 g/mol. The van der Waals surface area contributed by atoms with E-state index in [1.807, 2.05) is 42.1 Å². The number of rotatable bonds is 4. The number of carbonyl (C=O) groups is 2. The summed E-state index contributed by atoms with van der Waals surface area (Å²) < 4.78 is 1.84. The Kier molecular flexibility index (Phi) is 4.89. The number of hydrogen-bond acceptors (Lipinski definition) is 5. The molecule has 0 spiro atoms. The summed E-state index contributed by atoms with van der Waals surface area (Å²) in [5, 5.41) is 7.19. The zero-order valence-corrected chi connectivity index (χ0v) is 16.8. The Labute approximate surface area is 167 Å². The van der Waals surface area contributed by atoms with Crippen LogP contribution in [0.1, 0.15) is 43.1 Å². The molecule has 4 heterocycles. The molecule has 1 unspecified atom stereocenters. The summed E-state index contributed by atoms with van der Waals surface area (Å²) in [5.41, 5.74) is 7.52. The minimum atomic E-state index is -0.343. The van der Waals surface area contributed by atoms with Crippen LogP contribution >= 0.6 is 11.3 Å². The zero-order chi connectivity index (χ0) is 19.8. The lowest BCUT2D eigenvalue weighted by atomic mass is 9.96. The summed E-state index contributed by atoms with van der Waals surface area (Å²) in [6.45, 7) is 5.06. The van der Waals surface area contributed by atoms with E-state index in [1.165, 1.54) is 0 Å². The molecular weight excluding hydrogens is 374 g/mol. The molecule has 1 fully saturated rings. The summed E-state index contributed by atoms with van der Waals surface area (Å²) in [7, 11) is 0. The van der Waals surface area contributed by atoms with Gasteiger partial charge in [-0.2, -0.15) is 5.10 Å². The SMILES string of the molecule is CC(C)n1ncc2c(C(=O)N3CCCC(C(N)=O)C3)cc(-c3cccs3)nc21. The van der Waals surface area contributed by atoms with Crippen molar-refractivity contribution in [3.63, 3.8) is 0 Å². The molecule has 1 saturated heterocycles. The third-order valence-electron chi connectivity index (χ3n) is 5.17. The molecular formula is C20H23N5O2S. The number of aromatic nitrogens is 3. The smallest absolute Gasteiger partial charge is 0.254 e. The van der Waals surface area contributed by atoms with Crippen molar-refractivity contribution in [3.05, 3.63) is 35.3 Å². The van der Waals surface area contributed by atoms with Gasteiger partial charge in [-0.05, 0) is 44.2 Å². The molecule has 8 heteroatoms. The van der Waals surface area contributed by atoms with Crippen molar-refractivity contribution < 1.29 is 9.59 Å². The van der Waals surface area contributed by atoms with Crippen LogP contribution in [0.15, 0.2) is 29.8 Å². The molecule has 0 radical (unpaired) electrons. The van der Waals surface area contributed by atoms with E-state index in [1.54, 1.807) is 22.4 Å². The van der Waals surface area contributed by atoms with Gasteiger partial charge < -0.3 is 10.6 Å². The number of piperidine rings is 1. The second-order valence-electron chi connectivity index (χ2n) is 7.45. The molecule has 2 N–H and O–H groups in total. The third kappa shape index (κ3) is 3.28. The van der Waals surface area contributed by atoms with Gasteiger partial charge in [-0.1, -0.05) is 6.07 Å². The summed E-state index contributed by atoms with van der Waals surface area (Å²) in [4.78, 5) is 32.5. The van der Waals surface area contributed by atoms with Crippen LogP contribution in [0.25, 0.3) is 21.6 Å². The van der Waals surface area contributed by atoms with Gasteiger partial charge in [-0.3, -0.25) is 9.59 Å². The summed E-state index contributed by atoms with van der Waals surface area (Å²) in [6.07, 6.45) is 3.22. The van der Waals surface area contributed by atoms with Crippen molar-refractivity contribution in [2.24, 2.45) is 11.7 Å². The van der Waals surface area contributed by atoms with Crippen molar-refractivity contribution in [1.82, 2.24) is 19.7 Å². The highest BCUT2D eigenvalue weighted by atomic mass is 32.1. The lowest BCUT2D eigenvalue weighted by Crippen LogP contribution is -2.44. The van der Waals surface area contributed by atoms with E-state index in [2.05, 4.69) is 5.10 Å². The fraction of sp³-hybridized carbons (Fsp3) is 0.400. The Balaban J connectivity index is 1.81. The number of hydrogen-bond donors (Lipinski definition) is 1. The Bertz CT molecular complexity index is 1020. The number of likely N-dealkylation sites (tertiary alicyclic amines) is 1. The van der Waals surface area contributed by atoms with Crippen molar-refractivity contribution in [2.45, 2.75) is 32.7 Å². The van der Waals surface area contributed by atoms with Crippen molar-refractivity contribution in [2.75, 3.05) is 13.1 Å². The van der Waals surface area contributed by atoms with Crippen molar-refractivity contribution >= 4 is 34.2 Å². The van der Waals surface area contributed by atoms with E-state index < -0.39 is 0 Å². The van der Waals surface area contributed by atoms with Crippen LogP contribution < -0.4 is 5.73 Å². The average molecular weight is 398 g/mol. The first kappa shape index (κ1) is 18.6. The summed E-state index contributed by atoms with van der Waals surface area (Å²) in [6, 6.07) is 5.93. The number of primary amides is 1. The standard InChI is InChI=1S/C20H23N5O2S/c1-12(2)25-19-15(10-22-25)14(9-16(23-19)17-6-4-8-28-17)20(27)24-7-3-5-13(11-24)18(21)26/h4,6,8-10,12-13H,3,5,7,11H2,1-2H3,(H2,21,26). The highest BCUT2D eigenvalue weighted by Crippen LogP contribution is 2.30. The molecule has 1 aliphatic heterocycles. The molecule has 28 heavy (non-hydrogen) atoms. The molecule has 0 aliphatic carbocycles. The molecule has 1 atom stereocenters. The summed E-state index contributed by atoms with van der Waals surface area (Å²) in [5.74, 6) is -0.728. The van der Waals surface area contributed by atoms with Gasteiger partial charge in [0.15, 0.2) is 5.65 Å². The average Bonchev–Trinajstić information content (AvgIpc) is 3.36. The van der Waals surface area contributed by atoms with Crippen LogP contribution in [-0.2, 0) is 4.79 Å². The van der Waals surface area contributed by atoms with Gasteiger partial charge in [-0.25, -0.2) is 9.67 Å². The number of fused-ring (bicyclic) bond motifs is 1. The maximum atomic E-state index is 13.4. The number of nitrogens with zero attached hydrogens (tertiary/aromatic N) is 4. The molecule has 3 aromatic rings. The van der Waals surface area contributed by atoms with Crippen LogP contribution in [0.2, 0.25) is 0 Å². The number of nitrogens with two attached hydrogens (primary N) is 1. The van der Waals surface area contributed by atoms with E-state index in [4.69, 9.17) is 10.7 Å². The van der Waals surface area contributed by atoms with Crippen molar-refractivity contribution in [3.8, 4) is 10.6 Å². The van der Waals surface area contributed by atoms with Gasteiger partial charge in [-0.15, -0.1) is 11.3 Å². The first-order valence-electron chi connectivity index (χ1n) is 9.46. The van der Waals surface area contributed by atoms with Crippen LogP contribution in [0.5, 0.6) is 0 Å². The van der Waals surface area contributed by atoms with Gasteiger partial charge in [0.1, 0.15) is 0 Å². The Morgan fingerprint density at radius 1 is 1.36 bits per heavy atom. The van der Waals surface area contributed by atoms with Gasteiger partial charge in [0.05, 0.1) is 33.6 Å². The van der Waals surface area contributed by atoms with E-state index in [9.17, 15) is 9.59 Å². The number of thiophene rings is 1. The quantitative estimate of drug-likeness (QED) is 0.732. The number of carbonyl (C=O) groups excluding carboxylic acids is 2. The maximum Gasteiger partial charge on any atom is 0.254 e. The minimum absolute atomic E-state index is 0.0977. The molecule has 4 rings (SSSR count). The molecule has 0 bridgehead atoms. The predicted molar refractivity (Wildman–Crippen MR) is 109 cm³/mol. The van der Waals surface area contributed by atoms with E-state index in [-0.39, 0.29) is 23.8 Å².